The van der Waals surface area contributed by atoms with E-state index in [-0.39, 0.29) is 23.0 Å². The van der Waals surface area contributed by atoms with Crippen LogP contribution in [0.25, 0.3) is 10.2 Å². The van der Waals surface area contributed by atoms with Gasteiger partial charge >= 0.3 is 0 Å². The van der Waals surface area contributed by atoms with Gasteiger partial charge in [-0.3, -0.25) is 4.79 Å². The van der Waals surface area contributed by atoms with Crippen molar-refractivity contribution in [3.8, 4) is 0 Å². The number of carbonyl (C=O) groups is 1. The Kier molecular flexibility index (Phi) is 6.71. The van der Waals surface area contributed by atoms with Gasteiger partial charge in [0.1, 0.15) is 0 Å². The fourth-order valence-corrected chi connectivity index (χ4v) is 6.23. The van der Waals surface area contributed by atoms with Crippen LogP contribution in [0.15, 0.2) is 47.4 Å². The van der Waals surface area contributed by atoms with E-state index in [0.717, 1.165) is 15.3 Å². The molecule has 164 valence electrons. The predicted octanol–water partition coefficient (Wildman–Crippen LogP) is 4.51. The van der Waals surface area contributed by atoms with Crippen molar-refractivity contribution in [1.82, 2.24) is 9.88 Å². The Morgan fingerprint density at radius 2 is 1.68 bits per heavy atom. The number of hydrogen-bond acceptors (Lipinski definition) is 6. The predicted molar refractivity (Wildman–Crippen MR) is 126 cm³/mol. The molecule has 1 amide bonds. The van der Waals surface area contributed by atoms with Crippen molar-refractivity contribution < 1.29 is 13.2 Å². The van der Waals surface area contributed by atoms with Crippen molar-refractivity contribution in [2.24, 2.45) is 0 Å². The molecule has 2 heterocycles. The molecule has 3 aromatic rings. The molecule has 10 heteroatoms. The number of sulfone groups is 1. The highest BCUT2D eigenvalue weighted by Crippen LogP contribution is 2.31. The Bertz CT molecular complexity index is 1190. The molecule has 1 aliphatic rings. The first kappa shape index (κ1) is 22.3. The maximum atomic E-state index is 12.6. The normalized spacial score (nSPS) is 14.9. The van der Waals surface area contributed by atoms with Crippen molar-refractivity contribution in [3.05, 3.63) is 52.5 Å². The van der Waals surface area contributed by atoms with Crippen LogP contribution in [0, 0.1) is 0 Å². The number of rotatable bonds is 6. The Balaban J connectivity index is 1.27. The number of hydrogen-bond donors (Lipinski definition) is 0. The lowest BCUT2D eigenvalue weighted by Gasteiger charge is -2.34. The van der Waals surface area contributed by atoms with Gasteiger partial charge < -0.3 is 9.80 Å². The zero-order valence-corrected chi connectivity index (χ0v) is 19.8. The smallest absolute Gasteiger partial charge is 0.222 e. The molecule has 1 aromatic heterocycles. The molecule has 0 saturated carbocycles. The van der Waals surface area contributed by atoms with Gasteiger partial charge in [0.25, 0.3) is 0 Å². The van der Waals surface area contributed by atoms with Gasteiger partial charge in [-0.15, -0.1) is 0 Å². The van der Waals surface area contributed by atoms with Gasteiger partial charge in [-0.25, -0.2) is 13.4 Å². The third-order valence-corrected chi connectivity index (χ3v) is 8.60. The number of nitrogens with zero attached hydrogens (tertiary/aromatic N) is 3. The molecule has 4 rings (SSSR count). The number of benzene rings is 2. The van der Waals surface area contributed by atoms with Crippen LogP contribution in [0.5, 0.6) is 0 Å². The van der Waals surface area contributed by atoms with Crippen molar-refractivity contribution in [3.63, 3.8) is 0 Å². The van der Waals surface area contributed by atoms with Crippen LogP contribution in [0.4, 0.5) is 5.13 Å². The molecule has 0 unspecified atom stereocenters. The van der Waals surface area contributed by atoms with Crippen LogP contribution in [0.2, 0.25) is 10.0 Å². The summed E-state index contributed by atoms with van der Waals surface area (Å²) in [6.07, 6.45) is 0.509. The van der Waals surface area contributed by atoms with Crippen LogP contribution in [0.1, 0.15) is 12.8 Å². The summed E-state index contributed by atoms with van der Waals surface area (Å²) in [7, 11) is -3.42. The Morgan fingerprint density at radius 1 is 1.00 bits per heavy atom. The van der Waals surface area contributed by atoms with E-state index < -0.39 is 9.84 Å². The summed E-state index contributed by atoms with van der Waals surface area (Å²) in [4.78, 5) is 21.4. The number of anilines is 1. The maximum absolute atomic E-state index is 12.6. The van der Waals surface area contributed by atoms with Crippen LogP contribution in [0.3, 0.4) is 0 Å². The van der Waals surface area contributed by atoms with Crippen LogP contribution in [-0.2, 0) is 14.6 Å². The second-order valence-corrected chi connectivity index (χ2v) is 11.3. The highest BCUT2D eigenvalue weighted by atomic mass is 35.5. The zero-order valence-electron chi connectivity index (χ0n) is 16.6. The molecule has 0 spiro atoms. The maximum Gasteiger partial charge on any atom is 0.222 e. The van der Waals surface area contributed by atoms with Crippen molar-refractivity contribution in [2.75, 3.05) is 36.8 Å². The molecular weight excluding hydrogens is 477 g/mol. The first-order chi connectivity index (χ1) is 14.8. The molecule has 0 radical (unpaired) electrons. The van der Waals surface area contributed by atoms with Gasteiger partial charge in [-0.1, -0.05) is 34.5 Å². The van der Waals surface area contributed by atoms with Gasteiger partial charge in [0.2, 0.25) is 5.91 Å². The second kappa shape index (κ2) is 9.32. The van der Waals surface area contributed by atoms with E-state index in [1.54, 1.807) is 28.4 Å². The molecule has 0 bridgehead atoms. The van der Waals surface area contributed by atoms with Crippen LogP contribution >= 0.6 is 34.5 Å². The Labute approximate surface area is 195 Å². The van der Waals surface area contributed by atoms with Crippen molar-refractivity contribution in [2.45, 2.75) is 17.7 Å². The summed E-state index contributed by atoms with van der Waals surface area (Å²) in [5.74, 6) is -0.0729. The summed E-state index contributed by atoms with van der Waals surface area (Å²) in [5, 5.41) is 2.11. The highest BCUT2D eigenvalue weighted by molar-refractivity contribution is 7.91. The third-order valence-electron chi connectivity index (χ3n) is 5.22. The number of halogens is 2. The lowest BCUT2D eigenvalue weighted by molar-refractivity contribution is -0.131. The molecule has 2 aromatic carbocycles. The number of fused-ring (bicyclic) bond motifs is 1. The molecule has 0 atom stereocenters. The summed E-state index contributed by atoms with van der Waals surface area (Å²) in [6.45, 7) is 2.59. The topological polar surface area (TPSA) is 70.6 Å². The van der Waals surface area contributed by atoms with Gasteiger partial charge in [-0.2, -0.15) is 0 Å². The third kappa shape index (κ3) is 5.31. The fraction of sp³-hybridized carbons (Fsp3) is 0.333. The first-order valence-electron chi connectivity index (χ1n) is 9.89. The second-order valence-electron chi connectivity index (χ2n) is 7.35. The van der Waals surface area contributed by atoms with Gasteiger partial charge in [0, 0.05) is 42.6 Å². The summed E-state index contributed by atoms with van der Waals surface area (Å²) >= 11 is 13.5. The van der Waals surface area contributed by atoms with Crippen molar-refractivity contribution in [1.29, 1.82) is 0 Å². The minimum absolute atomic E-state index is 0.0120. The molecule has 1 aliphatic heterocycles. The largest absolute Gasteiger partial charge is 0.345 e. The lowest BCUT2D eigenvalue weighted by atomic mass is 10.2. The molecule has 0 aliphatic carbocycles. The number of piperazine rings is 1. The Morgan fingerprint density at radius 3 is 2.39 bits per heavy atom. The van der Waals surface area contributed by atoms with Gasteiger partial charge in [0.15, 0.2) is 15.0 Å². The van der Waals surface area contributed by atoms with Gasteiger partial charge in [-0.05, 0) is 48.9 Å². The number of aromatic nitrogens is 1. The van der Waals surface area contributed by atoms with Crippen LogP contribution in [-0.4, -0.2) is 56.1 Å². The number of amides is 1. The van der Waals surface area contributed by atoms with Gasteiger partial charge in [0.05, 0.1) is 20.9 Å². The highest BCUT2D eigenvalue weighted by Gasteiger charge is 2.23. The lowest BCUT2D eigenvalue weighted by Crippen LogP contribution is -2.48. The molecule has 1 saturated heterocycles. The van der Waals surface area contributed by atoms with E-state index in [9.17, 15) is 13.2 Å². The monoisotopic (exact) mass is 497 g/mol. The standard InChI is InChI=1S/C21H21Cl2N3O3S2/c22-15-3-6-17(7-4-15)31(28,29)13-1-2-20(27)25-9-11-26(12-10-25)21-24-18-8-5-16(23)14-19(18)30-21/h3-8,14H,1-2,9-13H2. The minimum atomic E-state index is -3.42. The summed E-state index contributed by atoms with van der Waals surface area (Å²) < 4.78 is 25.9. The molecule has 1 fully saturated rings. The Hall–Kier alpha value is -1.87. The van der Waals surface area contributed by atoms with E-state index in [4.69, 9.17) is 23.2 Å². The number of carbonyl (C=O) groups excluding carboxylic acids is 1. The summed E-state index contributed by atoms with van der Waals surface area (Å²) in [6, 6.07) is 11.8. The molecular formula is C21H21Cl2N3O3S2. The van der Waals surface area contributed by atoms with E-state index in [2.05, 4.69) is 9.88 Å². The minimum Gasteiger partial charge on any atom is -0.345 e. The van der Waals surface area contributed by atoms with Crippen LogP contribution < -0.4 is 4.90 Å². The molecule has 0 N–H and O–H groups in total. The molecule has 6 nitrogen and oxygen atoms in total. The van der Waals surface area contributed by atoms with E-state index in [0.29, 0.717) is 42.6 Å². The average Bonchev–Trinajstić information content (AvgIpc) is 3.17. The molecule has 31 heavy (non-hydrogen) atoms. The average molecular weight is 498 g/mol. The SMILES string of the molecule is O=C(CCCS(=O)(=O)c1ccc(Cl)cc1)N1CCN(c2nc3ccc(Cl)cc3s2)CC1. The van der Waals surface area contributed by atoms with E-state index in [1.165, 1.54) is 12.1 Å². The first-order valence-corrected chi connectivity index (χ1v) is 13.1. The van der Waals surface area contributed by atoms with E-state index >= 15 is 0 Å². The quantitative estimate of drug-likeness (QED) is 0.501. The summed E-state index contributed by atoms with van der Waals surface area (Å²) in [5.41, 5.74) is 0.921. The zero-order chi connectivity index (χ0) is 22.0. The van der Waals surface area contributed by atoms with E-state index in [1.807, 2.05) is 18.2 Å². The van der Waals surface area contributed by atoms with Crippen molar-refractivity contribution >= 4 is 65.6 Å². The fourth-order valence-electron chi connectivity index (χ4n) is 3.50. The number of thiazole rings is 1.